The highest BCUT2D eigenvalue weighted by atomic mass is 32.2. The molecule has 0 N–H and O–H groups in total. The molecule has 0 bridgehead atoms. The summed E-state index contributed by atoms with van der Waals surface area (Å²) in [7, 11) is -2.07. The molecule has 3 rings (SSSR count). The molecule has 4 nitrogen and oxygen atoms in total. The van der Waals surface area contributed by atoms with Gasteiger partial charge in [-0.25, -0.2) is 8.42 Å². The van der Waals surface area contributed by atoms with Gasteiger partial charge < -0.3 is 4.74 Å². The van der Waals surface area contributed by atoms with Crippen molar-refractivity contribution >= 4 is 10.0 Å². The van der Waals surface area contributed by atoms with Crippen molar-refractivity contribution in [2.24, 2.45) is 0 Å². The molecule has 0 atom stereocenters. The van der Waals surface area contributed by atoms with E-state index in [1.54, 1.807) is 16.4 Å². The number of hydrogen-bond acceptors (Lipinski definition) is 3. The van der Waals surface area contributed by atoms with Crippen LogP contribution in [-0.4, -0.2) is 26.4 Å². The van der Waals surface area contributed by atoms with Crippen molar-refractivity contribution in [1.29, 1.82) is 0 Å². The van der Waals surface area contributed by atoms with Crippen molar-refractivity contribution in [3.8, 4) is 5.75 Å². The summed E-state index contributed by atoms with van der Waals surface area (Å²) in [6, 6.07) is 13.4. The summed E-state index contributed by atoms with van der Waals surface area (Å²) in [4.78, 5) is 0.263. The first-order chi connectivity index (χ1) is 11.1. The van der Waals surface area contributed by atoms with Gasteiger partial charge in [0, 0.05) is 13.1 Å². The lowest BCUT2D eigenvalue weighted by Crippen LogP contribution is -2.36. The minimum Gasteiger partial charge on any atom is -0.495 e. The van der Waals surface area contributed by atoms with Crippen LogP contribution in [0.25, 0.3) is 0 Å². The summed E-state index contributed by atoms with van der Waals surface area (Å²) in [6.45, 7) is 2.92. The van der Waals surface area contributed by atoms with E-state index in [-0.39, 0.29) is 4.90 Å². The Labute approximate surface area is 137 Å². The molecule has 0 amide bonds. The Bertz CT molecular complexity index is 815. The maximum atomic E-state index is 13.1. The molecule has 0 aliphatic carbocycles. The monoisotopic (exact) mass is 331 g/mol. The van der Waals surface area contributed by atoms with Crippen LogP contribution in [-0.2, 0) is 29.4 Å². The van der Waals surface area contributed by atoms with Gasteiger partial charge in [-0.2, -0.15) is 4.31 Å². The molecular formula is C18H21NO3S. The van der Waals surface area contributed by atoms with E-state index in [1.807, 2.05) is 31.2 Å². The molecule has 1 aliphatic rings. The summed E-state index contributed by atoms with van der Waals surface area (Å²) in [6.07, 6.45) is 1.53. The Morgan fingerprint density at radius 1 is 1.13 bits per heavy atom. The Morgan fingerprint density at radius 2 is 1.87 bits per heavy atom. The number of sulfonamides is 1. The van der Waals surface area contributed by atoms with Gasteiger partial charge in [-0.15, -0.1) is 0 Å². The van der Waals surface area contributed by atoms with Gasteiger partial charge in [0.05, 0.1) is 7.11 Å². The fourth-order valence-corrected chi connectivity index (χ4v) is 4.58. The van der Waals surface area contributed by atoms with E-state index in [0.29, 0.717) is 18.8 Å². The number of hydrogen-bond donors (Lipinski definition) is 0. The molecule has 0 unspecified atom stereocenters. The van der Waals surface area contributed by atoms with Gasteiger partial charge in [-0.3, -0.25) is 0 Å². The lowest BCUT2D eigenvalue weighted by molar-refractivity contribution is 0.377. The number of methoxy groups -OCH3 is 1. The highest BCUT2D eigenvalue weighted by molar-refractivity contribution is 7.89. The quantitative estimate of drug-likeness (QED) is 0.865. The Balaban J connectivity index is 2.00. The molecule has 122 valence electrons. The average molecular weight is 331 g/mol. The summed E-state index contributed by atoms with van der Waals surface area (Å²) >= 11 is 0. The van der Waals surface area contributed by atoms with Gasteiger partial charge in [-0.1, -0.05) is 37.3 Å². The molecule has 2 aromatic rings. The lowest BCUT2D eigenvalue weighted by Gasteiger charge is -2.28. The fraction of sp³-hybridized carbons (Fsp3) is 0.333. The molecule has 0 aromatic heterocycles. The predicted octanol–water partition coefficient (Wildman–Crippen LogP) is 3.00. The predicted molar refractivity (Wildman–Crippen MR) is 90.1 cm³/mol. The first-order valence-corrected chi connectivity index (χ1v) is 9.24. The third-order valence-corrected chi connectivity index (χ3v) is 6.22. The molecule has 23 heavy (non-hydrogen) atoms. The molecule has 0 spiro atoms. The normalized spacial score (nSPS) is 15.2. The summed E-state index contributed by atoms with van der Waals surface area (Å²) in [5.41, 5.74) is 3.29. The van der Waals surface area contributed by atoms with Gasteiger partial charge in [0.25, 0.3) is 0 Å². The van der Waals surface area contributed by atoms with Crippen molar-refractivity contribution in [3.63, 3.8) is 0 Å². The highest BCUT2D eigenvalue weighted by Gasteiger charge is 2.30. The van der Waals surface area contributed by atoms with Crippen molar-refractivity contribution in [3.05, 3.63) is 59.2 Å². The van der Waals surface area contributed by atoms with Crippen molar-refractivity contribution < 1.29 is 13.2 Å². The molecule has 2 aromatic carbocycles. The number of aryl methyl sites for hydroxylation is 1. The van der Waals surface area contributed by atoms with E-state index in [4.69, 9.17) is 4.74 Å². The van der Waals surface area contributed by atoms with Crippen LogP contribution < -0.4 is 4.74 Å². The summed E-state index contributed by atoms with van der Waals surface area (Å²) in [5.74, 6) is 0.404. The van der Waals surface area contributed by atoms with Crippen molar-refractivity contribution in [2.45, 2.75) is 31.2 Å². The Morgan fingerprint density at radius 3 is 2.57 bits per heavy atom. The van der Waals surface area contributed by atoms with Crippen LogP contribution in [0.3, 0.4) is 0 Å². The van der Waals surface area contributed by atoms with Gasteiger partial charge in [-0.05, 0) is 41.7 Å². The first-order valence-electron chi connectivity index (χ1n) is 7.80. The van der Waals surface area contributed by atoms with E-state index in [9.17, 15) is 8.42 Å². The third kappa shape index (κ3) is 2.99. The van der Waals surface area contributed by atoms with E-state index >= 15 is 0 Å². The van der Waals surface area contributed by atoms with Gasteiger partial charge in [0.2, 0.25) is 10.0 Å². The average Bonchev–Trinajstić information content (AvgIpc) is 2.60. The summed E-state index contributed by atoms with van der Waals surface area (Å²) in [5, 5.41) is 0. The zero-order valence-corrected chi connectivity index (χ0v) is 14.3. The minimum absolute atomic E-state index is 0.263. The van der Waals surface area contributed by atoms with Crippen LogP contribution in [0.1, 0.15) is 23.6 Å². The number of nitrogens with zero attached hydrogens (tertiary/aromatic N) is 1. The number of rotatable bonds is 4. The maximum Gasteiger partial charge on any atom is 0.247 e. The molecule has 0 radical (unpaired) electrons. The third-order valence-electron chi connectivity index (χ3n) is 4.35. The number of benzene rings is 2. The molecule has 5 heteroatoms. The Hall–Kier alpha value is -1.85. The zero-order chi connectivity index (χ0) is 16.4. The smallest absolute Gasteiger partial charge is 0.247 e. The molecule has 1 heterocycles. The van der Waals surface area contributed by atoms with Crippen LogP contribution >= 0.6 is 0 Å². The second-order valence-electron chi connectivity index (χ2n) is 5.70. The SMILES string of the molecule is CCc1ccc(OC)c(S(=O)(=O)N2CCc3ccccc3C2)c1. The van der Waals surface area contributed by atoms with E-state index in [2.05, 4.69) is 6.07 Å². The largest absolute Gasteiger partial charge is 0.495 e. The number of fused-ring (bicyclic) bond motifs is 1. The van der Waals surface area contributed by atoms with E-state index in [1.165, 1.54) is 12.7 Å². The molecular weight excluding hydrogens is 310 g/mol. The van der Waals surface area contributed by atoms with Gasteiger partial charge in [0.15, 0.2) is 0 Å². The second kappa shape index (κ2) is 6.34. The molecule has 1 aliphatic heterocycles. The molecule has 0 saturated heterocycles. The second-order valence-corrected chi connectivity index (χ2v) is 7.60. The van der Waals surface area contributed by atoms with Gasteiger partial charge >= 0.3 is 0 Å². The first kappa shape index (κ1) is 16.0. The van der Waals surface area contributed by atoms with Crippen molar-refractivity contribution in [2.75, 3.05) is 13.7 Å². The van der Waals surface area contributed by atoms with E-state index < -0.39 is 10.0 Å². The van der Waals surface area contributed by atoms with E-state index in [0.717, 1.165) is 24.0 Å². The lowest BCUT2D eigenvalue weighted by atomic mass is 10.0. The standard InChI is InChI=1S/C18H21NO3S/c1-3-14-8-9-17(22-2)18(12-14)23(20,21)19-11-10-15-6-4-5-7-16(15)13-19/h4-9,12H,3,10-11,13H2,1-2H3. The van der Waals surface area contributed by atoms with Crippen LogP contribution in [0.15, 0.2) is 47.4 Å². The highest BCUT2D eigenvalue weighted by Crippen LogP contribution is 2.31. The molecule has 0 saturated carbocycles. The van der Waals surface area contributed by atoms with Crippen LogP contribution in [0.4, 0.5) is 0 Å². The topological polar surface area (TPSA) is 46.6 Å². The maximum absolute atomic E-state index is 13.1. The van der Waals surface area contributed by atoms with Crippen LogP contribution in [0.2, 0.25) is 0 Å². The minimum atomic E-state index is -3.57. The van der Waals surface area contributed by atoms with Gasteiger partial charge in [0.1, 0.15) is 10.6 Å². The zero-order valence-electron chi connectivity index (χ0n) is 13.5. The summed E-state index contributed by atoms with van der Waals surface area (Å²) < 4.78 is 33.0. The molecule has 0 fully saturated rings. The van der Waals surface area contributed by atoms with Crippen LogP contribution in [0, 0.1) is 0 Å². The van der Waals surface area contributed by atoms with Crippen molar-refractivity contribution in [1.82, 2.24) is 4.31 Å². The Kier molecular flexibility index (Phi) is 4.41. The van der Waals surface area contributed by atoms with Crippen LogP contribution in [0.5, 0.6) is 5.75 Å². The fourth-order valence-electron chi connectivity index (χ4n) is 2.96. The number of ether oxygens (including phenoxy) is 1.